The fourth-order valence-corrected chi connectivity index (χ4v) is 8.10. The number of ether oxygens (including phenoxy) is 3. The van der Waals surface area contributed by atoms with Gasteiger partial charge in [0.15, 0.2) is 6.10 Å². The molecule has 3 unspecified atom stereocenters. The maximum absolute atomic E-state index is 12.9. The van der Waals surface area contributed by atoms with Crippen LogP contribution in [0.4, 0.5) is 0 Å². The first kappa shape index (κ1) is 70.1. The highest BCUT2D eigenvalue weighted by atomic mass is 31.2. The molecule has 0 saturated carbocycles. The zero-order valence-corrected chi connectivity index (χ0v) is 47.4. The number of hydrogen-bond acceptors (Lipinski definition) is 10. The summed E-state index contributed by atoms with van der Waals surface area (Å²) < 4.78 is 39.3. The van der Waals surface area contributed by atoms with Gasteiger partial charge in [-0.15, -0.1) is 0 Å². The number of phosphoric acid groups is 1. The summed E-state index contributed by atoms with van der Waals surface area (Å²) in [6, 6.07) is 0. The van der Waals surface area contributed by atoms with Gasteiger partial charge in [0.05, 0.1) is 26.2 Å². The Kier molecular flexibility index (Phi) is 52.5. The smallest absolute Gasteiger partial charge is 0.462 e. The van der Waals surface area contributed by atoms with E-state index >= 15 is 0 Å². The van der Waals surface area contributed by atoms with Crippen LogP contribution >= 0.6 is 7.82 Å². The Balaban J connectivity index is 4.86. The van der Waals surface area contributed by atoms with Crippen molar-refractivity contribution in [3.63, 3.8) is 0 Å². The van der Waals surface area contributed by atoms with Gasteiger partial charge in [-0.1, -0.05) is 207 Å². The summed E-state index contributed by atoms with van der Waals surface area (Å²) in [4.78, 5) is 48.4. The van der Waals surface area contributed by atoms with Gasteiger partial charge in [-0.25, -0.2) is 4.57 Å². The Morgan fingerprint density at radius 1 is 0.405 bits per heavy atom. The van der Waals surface area contributed by atoms with E-state index in [0.29, 0.717) is 19.3 Å². The lowest BCUT2D eigenvalue weighted by molar-refractivity contribution is -0.160. The zero-order chi connectivity index (χ0) is 54.1. The number of allylic oxidation sites excluding steroid dienone is 17. The molecule has 422 valence electrons. The minimum absolute atomic E-state index is 0.0727. The molecule has 0 fully saturated rings. The van der Waals surface area contributed by atoms with Gasteiger partial charge in [-0.2, -0.15) is 0 Å². The maximum Gasteiger partial charge on any atom is 0.472 e. The van der Waals surface area contributed by atoms with Crippen molar-refractivity contribution >= 4 is 25.7 Å². The summed E-state index contributed by atoms with van der Waals surface area (Å²) in [5, 5.41) is 9.80. The minimum Gasteiger partial charge on any atom is -0.462 e. The topological polar surface area (TPSA) is 155 Å². The third-order valence-electron chi connectivity index (χ3n) is 11.7. The van der Waals surface area contributed by atoms with E-state index in [4.69, 9.17) is 23.3 Å². The molecule has 0 aliphatic heterocycles. The van der Waals surface area contributed by atoms with Crippen molar-refractivity contribution < 1.29 is 52.2 Å². The van der Waals surface area contributed by atoms with E-state index in [0.717, 1.165) is 116 Å². The summed E-state index contributed by atoms with van der Waals surface area (Å²) in [7, 11) is -4.78. The number of aliphatic hydroxyl groups excluding tert-OH is 1. The summed E-state index contributed by atoms with van der Waals surface area (Å²) in [6.07, 6.45) is 66.5. The standard InChI is InChI=1S/C62H103O11P/c1-4-7-10-13-16-19-22-25-27-28-29-30-32-34-36-39-42-45-48-51-60(64)69-55-59(73-62(66)53-50-47-44-41-38-35-31-26-23-20-17-14-11-8-5-2)57-71-74(67,68)70-56-58(54-63)72-61(65)52-49-46-43-40-37-33-24-21-18-15-12-9-6-3/h8,11,16-17,19-21,24-27,29-31,38,41,47,50,58-59,63H,4-7,9-10,12-15,18,22-23,28,32-37,39-40,42-46,48-49,51-57H2,1-3H3,(H,67,68)/b11-8-,19-16-,20-17-,24-21-,27-25-,30-29-,31-26-,41-38-,50-47-. The van der Waals surface area contributed by atoms with Crippen LogP contribution in [0.2, 0.25) is 0 Å². The first-order valence-corrected chi connectivity index (χ1v) is 30.3. The van der Waals surface area contributed by atoms with Crippen molar-refractivity contribution in [1.82, 2.24) is 0 Å². The molecular weight excluding hydrogens is 952 g/mol. The van der Waals surface area contributed by atoms with E-state index in [-0.39, 0.29) is 25.9 Å². The van der Waals surface area contributed by atoms with Gasteiger partial charge >= 0.3 is 25.7 Å². The molecule has 2 N–H and O–H groups in total. The number of aliphatic hydroxyl groups is 1. The van der Waals surface area contributed by atoms with Crippen molar-refractivity contribution in [2.75, 3.05) is 26.4 Å². The number of carbonyl (C=O) groups is 3. The van der Waals surface area contributed by atoms with E-state index in [2.05, 4.69) is 106 Å². The quantitative estimate of drug-likeness (QED) is 0.0197. The summed E-state index contributed by atoms with van der Waals surface area (Å²) >= 11 is 0. The van der Waals surface area contributed by atoms with Crippen molar-refractivity contribution in [1.29, 1.82) is 0 Å². The molecule has 12 heteroatoms. The molecule has 0 aromatic carbocycles. The van der Waals surface area contributed by atoms with Gasteiger partial charge in [0.1, 0.15) is 12.7 Å². The third kappa shape index (κ3) is 53.0. The molecule has 74 heavy (non-hydrogen) atoms. The molecule has 0 aliphatic carbocycles. The Morgan fingerprint density at radius 2 is 0.757 bits per heavy atom. The predicted octanol–water partition coefficient (Wildman–Crippen LogP) is 17.0. The lowest BCUT2D eigenvalue weighted by Crippen LogP contribution is -2.30. The minimum atomic E-state index is -4.78. The first-order valence-electron chi connectivity index (χ1n) is 28.8. The Hall–Kier alpha value is -3.86. The van der Waals surface area contributed by atoms with Crippen LogP contribution in [0.5, 0.6) is 0 Å². The Labute approximate surface area is 450 Å². The molecular formula is C62H103O11P. The lowest BCUT2D eigenvalue weighted by Gasteiger charge is -2.21. The van der Waals surface area contributed by atoms with Gasteiger partial charge < -0.3 is 24.2 Å². The molecule has 0 saturated heterocycles. The van der Waals surface area contributed by atoms with E-state index in [1.807, 2.05) is 18.2 Å². The second-order valence-electron chi connectivity index (χ2n) is 18.7. The number of hydrogen-bond donors (Lipinski definition) is 2. The van der Waals surface area contributed by atoms with E-state index in [1.165, 1.54) is 51.4 Å². The molecule has 0 heterocycles. The molecule has 0 aliphatic rings. The number of rotatable bonds is 52. The molecule has 0 aromatic rings. The second kappa shape index (κ2) is 55.4. The van der Waals surface area contributed by atoms with Crippen molar-refractivity contribution in [2.24, 2.45) is 0 Å². The van der Waals surface area contributed by atoms with Crippen molar-refractivity contribution in [3.05, 3.63) is 109 Å². The van der Waals surface area contributed by atoms with Gasteiger partial charge in [-0.05, 0) is 109 Å². The van der Waals surface area contributed by atoms with E-state index in [9.17, 15) is 28.9 Å². The third-order valence-corrected chi connectivity index (χ3v) is 12.6. The fraction of sp³-hybridized carbons (Fsp3) is 0.661. The van der Waals surface area contributed by atoms with Gasteiger partial charge in [0, 0.05) is 12.8 Å². The van der Waals surface area contributed by atoms with Crippen LogP contribution in [-0.2, 0) is 42.2 Å². The average molecular weight is 1060 g/mol. The highest BCUT2D eigenvalue weighted by Crippen LogP contribution is 2.43. The molecule has 0 rings (SSSR count). The van der Waals surface area contributed by atoms with E-state index < -0.39 is 57.8 Å². The van der Waals surface area contributed by atoms with Crippen LogP contribution in [0.3, 0.4) is 0 Å². The number of phosphoric ester groups is 1. The van der Waals surface area contributed by atoms with Crippen LogP contribution in [0.25, 0.3) is 0 Å². The molecule has 0 spiro atoms. The lowest BCUT2D eigenvalue weighted by atomic mass is 10.1. The average Bonchev–Trinajstić information content (AvgIpc) is 3.39. The van der Waals surface area contributed by atoms with Gasteiger partial charge in [0.25, 0.3) is 0 Å². The second-order valence-corrected chi connectivity index (χ2v) is 20.2. The van der Waals surface area contributed by atoms with Crippen molar-refractivity contribution in [3.8, 4) is 0 Å². The fourth-order valence-electron chi connectivity index (χ4n) is 7.31. The van der Waals surface area contributed by atoms with Crippen LogP contribution in [0, 0.1) is 0 Å². The largest absolute Gasteiger partial charge is 0.472 e. The Bertz CT molecular complexity index is 1660. The highest BCUT2D eigenvalue weighted by molar-refractivity contribution is 7.47. The molecule has 11 nitrogen and oxygen atoms in total. The summed E-state index contributed by atoms with van der Waals surface area (Å²) in [5.41, 5.74) is 0. The molecule has 0 aromatic heterocycles. The molecule has 0 radical (unpaired) electrons. The van der Waals surface area contributed by atoms with Gasteiger partial charge in [0.2, 0.25) is 0 Å². The number of unbranched alkanes of at least 4 members (excludes halogenated alkanes) is 18. The van der Waals surface area contributed by atoms with Crippen LogP contribution < -0.4 is 0 Å². The molecule has 3 atom stereocenters. The highest BCUT2D eigenvalue weighted by Gasteiger charge is 2.28. The summed E-state index contributed by atoms with van der Waals surface area (Å²) in [6.45, 7) is 4.34. The first-order chi connectivity index (χ1) is 36.2. The van der Waals surface area contributed by atoms with Crippen LogP contribution in [0.1, 0.15) is 226 Å². The monoisotopic (exact) mass is 1050 g/mol. The maximum atomic E-state index is 12.9. The van der Waals surface area contributed by atoms with Crippen molar-refractivity contribution in [2.45, 2.75) is 238 Å². The Morgan fingerprint density at radius 3 is 1.23 bits per heavy atom. The van der Waals surface area contributed by atoms with Crippen LogP contribution in [-0.4, -0.2) is 66.5 Å². The zero-order valence-electron chi connectivity index (χ0n) is 46.5. The van der Waals surface area contributed by atoms with Gasteiger partial charge in [-0.3, -0.25) is 23.4 Å². The van der Waals surface area contributed by atoms with E-state index in [1.54, 1.807) is 6.08 Å². The normalized spacial score (nSPS) is 14.2. The SMILES string of the molecule is CC/C=C\C/C=C\C/C=C\C/C=C\C/C=C\CC(=O)OC(COC(=O)CCCCCCCC/C=C\C/C=C\C/C=C\CCCCC)COP(=O)(O)OCC(CO)OC(=O)CCCCCCC/C=C\CCCCCC. The number of esters is 3. The predicted molar refractivity (Wildman–Crippen MR) is 307 cm³/mol. The summed E-state index contributed by atoms with van der Waals surface area (Å²) in [5.74, 6) is -1.65. The molecule has 0 bridgehead atoms. The van der Waals surface area contributed by atoms with Crippen LogP contribution in [0.15, 0.2) is 109 Å². The molecule has 0 amide bonds. The number of carbonyl (C=O) groups excluding carboxylic acids is 3.